The number of hydrogen-bond acceptors (Lipinski definition) is 4. The van der Waals surface area contributed by atoms with Crippen LogP contribution in [0.2, 0.25) is 10.0 Å². The van der Waals surface area contributed by atoms with E-state index in [0.717, 1.165) is 10.5 Å². The highest BCUT2D eigenvalue weighted by molar-refractivity contribution is 9.10. The summed E-state index contributed by atoms with van der Waals surface area (Å²) in [5.74, 6) is -2.02. The third-order valence-corrected chi connectivity index (χ3v) is 9.01. The molecular formula is C36H25BrCl2FN3O3S. The van der Waals surface area contributed by atoms with Crippen LogP contribution in [0.1, 0.15) is 26.7 Å². The molecular weight excluding hydrogens is 724 g/mol. The Labute approximate surface area is 293 Å². The van der Waals surface area contributed by atoms with Gasteiger partial charge in [-0.2, -0.15) is 0 Å². The van der Waals surface area contributed by atoms with Gasteiger partial charge < -0.3 is 16.0 Å². The van der Waals surface area contributed by atoms with Crippen LogP contribution in [0.25, 0.3) is 6.08 Å². The van der Waals surface area contributed by atoms with Crippen molar-refractivity contribution in [3.05, 3.63) is 164 Å². The molecule has 0 saturated carbocycles. The summed E-state index contributed by atoms with van der Waals surface area (Å²) in [4.78, 5) is 40.6. The summed E-state index contributed by atoms with van der Waals surface area (Å²) in [5.41, 5.74) is 2.06. The largest absolute Gasteiger partial charge is 0.322 e. The number of carbonyl (C=O) groups is 3. The lowest BCUT2D eigenvalue weighted by Crippen LogP contribution is -2.30. The van der Waals surface area contributed by atoms with Crippen molar-refractivity contribution < 1.29 is 18.8 Å². The van der Waals surface area contributed by atoms with E-state index in [0.29, 0.717) is 31.3 Å². The van der Waals surface area contributed by atoms with Crippen LogP contribution in [0, 0.1) is 5.82 Å². The number of anilines is 2. The molecule has 5 rings (SSSR count). The van der Waals surface area contributed by atoms with Crippen LogP contribution in [0.4, 0.5) is 15.8 Å². The molecule has 0 aromatic heterocycles. The van der Waals surface area contributed by atoms with Crippen molar-refractivity contribution in [3.63, 3.8) is 0 Å². The average Bonchev–Trinajstić information content (AvgIpc) is 3.07. The first-order chi connectivity index (χ1) is 22.7. The minimum Gasteiger partial charge on any atom is -0.322 e. The molecule has 5 aromatic carbocycles. The average molecular weight is 749 g/mol. The molecule has 0 radical (unpaired) electrons. The van der Waals surface area contributed by atoms with Gasteiger partial charge in [0.05, 0.1) is 5.69 Å². The van der Waals surface area contributed by atoms with Gasteiger partial charge in [0.25, 0.3) is 11.8 Å². The summed E-state index contributed by atoms with van der Waals surface area (Å²) < 4.78 is 15.1. The number of benzene rings is 5. The first-order valence-electron chi connectivity index (χ1n) is 14.1. The first-order valence-corrected chi connectivity index (χ1v) is 16.5. The van der Waals surface area contributed by atoms with Gasteiger partial charge >= 0.3 is 0 Å². The van der Waals surface area contributed by atoms with E-state index in [4.69, 9.17) is 23.2 Å². The predicted octanol–water partition coefficient (Wildman–Crippen LogP) is 9.78. The van der Waals surface area contributed by atoms with Gasteiger partial charge in [0, 0.05) is 30.7 Å². The quantitative estimate of drug-likeness (QED) is 0.0981. The van der Waals surface area contributed by atoms with Gasteiger partial charge in [0.2, 0.25) is 5.91 Å². The molecule has 0 aliphatic carbocycles. The Morgan fingerprint density at radius 3 is 2.13 bits per heavy atom. The first kappa shape index (κ1) is 33.9. The molecule has 3 N–H and O–H groups in total. The third-order valence-electron chi connectivity index (χ3n) is 6.69. The Morgan fingerprint density at radius 1 is 0.787 bits per heavy atom. The standard InChI is InChI=1S/C36H25BrCl2FN3O3S/c37-25-12-18-31(30(40)20-25)42-36(46)33(22-7-3-1-4-8-22)47-28-16-14-27(15-17-28)41-35(45)32(19-24-11-13-26(38)21-29(24)39)43-34(44)23-9-5-2-6-10-23/h1-21,33H,(H,41,45)(H,42,46)(H,43,44)/b32-19-. The molecule has 0 spiro atoms. The van der Waals surface area contributed by atoms with E-state index >= 15 is 0 Å². The molecule has 47 heavy (non-hydrogen) atoms. The Balaban J connectivity index is 1.34. The zero-order valence-corrected chi connectivity index (χ0v) is 28.3. The SMILES string of the molecule is O=C(Nc1ccc(SC(C(=O)Nc2ccc(Br)cc2F)c2ccccc2)cc1)/C(=C/c1ccc(Cl)cc1Cl)NC(=O)c1ccccc1. The summed E-state index contributed by atoms with van der Waals surface area (Å²) in [7, 11) is 0. The second-order valence-electron chi connectivity index (χ2n) is 10.0. The number of carbonyl (C=O) groups excluding carboxylic acids is 3. The molecule has 236 valence electrons. The van der Waals surface area contributed by atoms with Crippen molar-refractivity contribution in [2.24, 2.45) is 0 Å². The van der Waals surface area contributed by atoms with E-state index < -0.39 is 28.8 Å². The molecule has 1 atom stereocenters. The second-order valence-corrected chi connectivity index (χ2v) is 13.0. The van der Waals surface area contributed by atoms with Crippen LogP contribution in [0.15, 0.2) is 136 Å². The van der Waals surface area contributed by atoms with Gasteiger partial charge in [0.15, 0.2) is 0 Å². The van der Waals surface area contributed by atoms with Crippen LogP contribution in [-0.2, 0) is 9.59 Å². The molecule has 0 aliphatic heterocycles. The van der Waals surface area contributed by atoms with Gasteiger partial charge in [0.1, 0.15) is 16.8 Å². The number of rotatable bonds is 10. The van der Waals surface area contributed by atoms with Crippen LogP contribution in [-0.4, -0.2) is 17.7 Å². The highest BCUT2D eigenvalue weighted by Crippen LogP contribution is 2.37. The molecule has 0 saturated heterocycles. The van der Waals surface area contributed by atoms with E-state index in [1.54, 1.807) is 72.8 Å². The number of amides is 3. The summed E-state index contributed by atoms with van der Waals surface area (Å²) in [6.07, 6.45) is 1.47. The van der Waals surface area contributed by atoms with Gasteiger partial charge in [-0.15, -0.1) is 11.8 Å². The lowest BCUT2D eigenvalue weighted by atomic mass is 10.1. The van der Waals surface area contributed by atoms with E-state index in [2.05, 4.69) is 31.9 Å². The van der Waals surface area contributed by atoms with Gasteiger partial charge in [-0.1, -0.05) is 93.7 Å². The van der Waals surface area contributed by atoms with E-state index in [1.807, 2.05) is 30.3 Å². The fraction of sp³-hybridized carbons (Fsp3) is 0.0278. The predicted molar refractivity (Wildman–Crippen MR) is 191 cm³/mol. The zero-order chi connectivity index (χ0) is 33.3. The topological polar surface area (TPSA) is 87.3 Å². The fourth-order valence-corrected chi connectivity index (χ4v) is 6.18. The highest BCUT2D eigenvalue weighted by atomic mass is 79.9. The van der Waals surface area contributed by atoms with E-state index in [9.17, 15) is 18.8 Å². The highest BCUT2D eigenvalue weighted by Gasteiger charge is 2.23. The summed E-state index contributed by atoms with van der Waals surface area (Å²) in [5, 5.41) is 8.20. The van der Waals surface area contributed by atoms with Crippen LogP contribution in [0.5, 0.6) is 0 Å². The molecule has 5 aromatic rings. The Bertz CT molecular complexity index is 1950. The fourth-order valence-electron chi connectivity index (χ4n) is 4.36. The summed E-state index contributed by atoms with van der Waals surface area (Å²) in [6, 6.07) is 33.8. The van der Waals surface area contributed by atoms with Crippen molar-refractivity contribution in [2.45, 2.75) is 10.1 Å². The van der Waals surface area contributed by atoms with Crippen LogP contribution in [0.3, 0.4) is 0 Å². The summed E-state index contributed by atoms with van der Waals surface area (Å²) in [6.45, 7) is 0. The van der Waals surface area contributed by atoms with Crippen molar-refractivity contribution in [2.75, 3.05) is 10.6 Å². The van der Waals surface area contributed by atoms with Crippen molar-refractivity contribution in [1.82, 2.24) is 5.32 Å². The number of hydrogen-bond donors (Lipinski definition) is 3. The number of halogens is 4. The molecule has 0 heterocycles. The van der Waals surface area contributed by atoms with Gasteiger partial charge in [-0.05, 0) is 83.9 Å². The molecule has 1 unspecified atom stereocenters. The van der Waals surface area contributed by atoms with Crippen LogP contribution >= 0.6 is 50.9 Å². The second kappa shape index (κ2) is 15.9. The summed E-state index contributed by atoms with van der Waals surface area (Å²) >= 11 is 16.9. The Morgan fingerprint density at radius 2 is 1.47 bits per heavy atom. The maximum Gasteiger partial charge on any atom is 0.272 e. The van der Waals surface area contributed by atoms with Crippen molar-refractivity contribution >= 4 is 86.1 Å². The minimum absolute atomic E-state index is 0.0393. The number of nitrogens with one attached hydrogen (secondary N) is 3. The Hall–Kier alpha value is -4.41. The minimum atomic E-state index is -0.702. The molecule has 6 nitrogen and oxygen atoms in total. The maximum atomic E-state index is 14.5. The lowest BCUT2D eigenvalue weighted by Gasteiger charge is -2.18. The van der Waals surface area contributed by atoms with Gasteiger partial charge in [-0.25, -0.2) is 4.39 Å². The monoisotopic (exact) mass is 747 g/mol. The Kier molecular flexibility index (Phi) is 11.5. The molecule has 11 heteroatoms. The van der Waals surface area contributed by atoms with Crippen molar-refractivity contribution in [3.8, 4) is 0 Å². The molecule has 3 amide bonds. The van der Waals surface area contributed by atoms with Gasteiger partial charge in [-0.3, -0.25) is 14.4 Å². The zero-order valence-electron chi connectivity index (χ0n) is 24.3. The maximum absolute atomic E-state index is 14.5. The molecule has 0 aliphatic rings. The third kappa shape index (κ3) is 9.33. The molecule has 0 bridgehead atoms. The lowest BCUT2D eigenvalue weighted by molar-refractivity contribution is -0.116. The number of thioether (sulfide) groups is 1. The van der Waals surface area contributed by atoms with E-state index in [-0.39, 0.29) is 11.4 Å². The van der Waals surface area contributed by atoms with E-state index in [1.165, 1.54) is 36.0 Å². The molecule has 0 fully saturated rings. The normalized spacial score (nSPS) is 11.8. The van der Waals surface area contributed by atoms with Crippen molar-refractivity contribution in [1.29, 1.82) is 0 Å². The van der Waals surface area contributed by atoms with Crippen LogP contribution < -0.4 is 16.0 Å². The smallest absolute Gasteiger partial charge is 0.272 e.